The van der Waals surface area contributed by atoms with Gasteiger partial charge in [0.05, 0.1) is 6.54 Å². The molecule has 146 valence electrons. The molecular formula is C18H31N5O3. The van der Waals surface area contributed by atoms with E-state index in [0.717, 1.165) is 38.8 Å². The molecule has 0 atom stereocenters. The minimum Gasteiger partial charge on any atom is -0.383 e. The zero-order chi connectivity index (χ0) is 19.3. The van der Waals surface area contributed by atoms with Gasteiger partial charge in [0, 0.05) is 26.2 Å². The molecule has 2 rings (SSSR count). The van der Waals surface area contributed by atoms with Crippen LogP contribution in [0.25, 0.3) is 0 Å². The Morgan fingerprint density at radius 3 is 2.50 bits per heavy atom. The number of hydrogen-bond donors (Lipinski definition) is 2. The van der Waals surface area contributed by atoms with Crippen LogP contribution >= 0.6 is 0 Å². The normalized spacial score (nSPS) is 15.3. The molecule has 1 aliphatic heterocycles. The predicted molar refractivity (Wildman–Crippen MR) is 104 cm³/mol. The Bertz CT molecular complexity index is 731. The number of hydrogen-bond acceptors (Lipinski definition) is 5. The zero-order valence-corrected chi connectivity index (χ0v) is 16.1. The Balaban J connectivity index is 2.24. The summed E-state index contributed by atoms with van der Waals surface area (Å²) in [5, 5.41) is 0. The number of likely N-dealkylation sites (N-methyl/N-ethyl adjacent to an activating group) is 1. The number of unbranched alkanes of at least 4 members (excludes halogenated alkanes) is 1. The lowest BCUT2D eigenvalue weighted by atomic mass is 9.99. The molecule has 0 radical (unpaired) electrons. The van der Waals surface area contributed by atoms with Gasteiger partial charge < -0.3 is 15.5 Å². The number of amides is 1. The van der Waals surface area contributed by atoms with Crippen LogP contribution in [0.5, 0.6) is 0 Å². The highest BCUT2D eigenvalue weighted by Crippen LogP contribution is 2.19. The number of nitrogens with two attached hydrogens (primary N) is 1. The molecular weight excluding hydrogens is 334 g/mol. The monoisotopic (exact) mass is 365 g/mol. The van der Waals surface area contributed by atoms with Crippen molar-refractivity contribution in [2.45, 2.75) is 53.0 Å². The molecule has 1 aliphatic rings. The standard InChI is InChI=1S/C18H31N5O3/c1-4-6-9-23-16(19)15(17(25)20-18(23)26)21(5-2)12-14(24)22-10-7-13(3)8-11-22/h13H,4-12,19H2,1-3H3,(H,20,25,26). The summed E-state index contributed by atoms with van der Waals surface area (Å²) in [6, 6.07) is 0. The fourth-order valence-electron chi connectivity index (χ4n) is 3.29. The van der Waals surface area contributed by atoms with Crippen LogP contribution in [0.4, 0.5) is 11.5 Å². The third-order valence-electron chi connectivity index (χ3n) is 5.11. The van der Waals surface area contributed by atoms with Crippen molar-refractivity contribution in [3.05, 3.63) is 20.8 Å². The largest absolute Gasteiger partial charge is 0.383 e. The Kier molecular flexibility index (Phi) is 6.88. The molecule has 1 aromatic heterocycles. The number of H-pyrrole nitrogens is 1. The third-order valence-corrected chi connectivity index (χ3v) is 5.11. The van der Waals surface area contributed by atoms with E-state index in [-0.39, 0.29) is 24.0 Å². The first-order chi connectivity index (χ1) is 12.4. The van der Waals surface area contributed by atoms with Gasteiger partial charge in [0.1, 0.15) is 11.5 Å². The van der Waals surface area contributed by atoms with Gasteiger partial charge in [-0.25, -0.2) is 4.79 Å². The summed E-state index contributed by atoms with van der Waals surface area (Å²) in [6.45, 7) is 8.56. The molecule has 3 N–H and O–H groups in total. The molecule has 0 aliphatic carbocycles. The van der Waals surface area contributed by atoms with Gasteiger partial charge in [-0.3, -0.25) is 19.1 Å². The molecule has 2 heterocycles. The van der Waals surface area contributed by atoms with E-state index >= 15 is 0 Å². The minimum atomic E-state index is -0.540. The Morgan fingerprint density at radius 1 is 1.27 bits per heavy atom. The molecule has 8 nitrogen and oxygen atoms in total. The molecule has 0 bridgehead atoms. The van der Waals surface area contributed by atoms with Crippen LogP contribution in [0.1, 0.15) is 46.5 Å². The maximum atomic E-state index is 12.7. The van der Waals surface area contributed by atoms with E-state index in [1.807, 2.05) is 18.7 Å². The van der Waals surface area contributed by atoms with Crippen molar-refractivity contribution in [2.75, 3.05) is 36.8 Å². The third kappa shape index (κ3) is 4.47. The number of likely N-dealkylation sites (tertiary alicyclic amines) is 1. The van der Waals surface area contributed by atoms with E-state index in [0.29, 0.717) is 19.0 Å². The second kappa shape index (κ2) is 8.91. The minimum absolute atomic E-state index is 0.0103. The highest BCUT2D eigenvalue weighted by atomic mass is 16.2. The number of nitrogens with one attached hydrogen (secondary N) is 1. The van der Waals surface area contributed by atoms with Crippen LogP contribution in [0.3, 0.4) is 0 Å². The van der Waals surface area contributed by atoms with Gasteiger partial charge in [0.2, 0.25) is 5.91 Å². The molecule has 8 heteroatoms. The highest BCUT2D eigenvalue weighted by molar-refractivity contribution is 5.82. The smallest absolute Gasteiger partial charge is 0.330 e. The van der Waals surface area contributed by atoms with Gasteiger partial charge >= 0.3 is 5.69 Å². The second-order valence-corrected chi connectivity index (χ2v) is 7.08. The van der Waals surface area contributed by atoms with Gasteiger partial charge in [-0.15, -0.1) is 0 Å². The maximum absolute atomic E-state index is 12.7. The van der Waals surface area contributed by atoms with Gasteiger partial charge in [-0.2, -0.15) is 0 Å². The second-order valence-electron chi connectivity index (χ2n) is 7.08. The zero-order valence-electron chi connectivity index (χ0n) is 16.1. The highest BCUT2D eigenvalue weighted by Gasteiger charge is 2.24. The summed E-state index contributed by atoms with van der Waals surface area (Å²) in [4.78, 5) is 42.9. The van der Waals surface area contributed by atoms with Crippen molar-refractivity contribution >= 4 is 17.4 Å². The topological polar surface area (TPSA) is 104 Å². The van der Waals surface area contributed by atoms with Gasteiger partial charge in [0.15, 0.2) is 0 Å². The number of nitrogens with zero attached hydrogens (tertiary/aromatic N) is 3. The molecule has 0 aromatic carbocycles. The number of anilines is 2. The number of nitrogen functional groups attached to an aromatic ring is 1. The molecule has 0 unspecified atom stereocenters. The van der Waals surface area contributed by atoms with E-state index in [2.05, 4.69) is 11.9 Å². The Morgan fingerprint density at radius 2 is 1.92 bits per heavy atom. The first-order valence-corrected chi connectivity index (χ1v) is 9.54. The van der Waals surface area contributed by atoms with E-state index in [9.17, 15) is 14.4 Å². The summed E-state index contributed by atoms with van der Waals surface area (Å²) >= 11 is 0. The molecule has 0 saturated carbocycles. The number of piperidine rings is 1. The van der Waals surface area contributed by atoms with Crippen LogP contribution in [0.15, 0.2) is 9.59 Å². The van der Waals surface area contributed by atoms with E-state index < -0.39 is 11.2 Å². The van der Waals surface area contributed by atoms with Crippen LogP contribution in [0, 0.1) is 5.92 Å². The summed E-state index contributed by atoms with van der Waals surface area (Å²) in [5.41, 5.74) is 5.32. The number of aromatic amines is 1. The fraction of sp³-hybridized carbons (Fsp3) is 0.722. The lowest BCUT2D eigenvalue weighted by molar-refractivity contribution is -0.131. The summed E-state index contributed by atoms with van der Waals surface area (Å²) in [6.07, 6.45) is 3.70. The van der Waals surface area contributed by atoms with Gasteiger partial charge in [0.25, 0.3) is 5.56 Å². The lowest BCUT2D eigenvalue weighted by Crippen LogP contribution is -2.46. The average Bonchev–Trinajstić information content (AvgIpc) is 2.60. The van der Waals surface area contributed by atoms with E-state index in [1.165, 1.54) is 4.57 Å². The SMILES string of the molecule is CCCCn1c(N)c(N(CC)CC(=O)N2CCC(C)CC2)c(=O)[nH]c1=O. The van der Waals surface area contributed by atoms with Crippen molar-refractivity contribution < 1.29 is 4.79 Å². The molecule has 1 aromatic rings. The van der Waals surface area contributed by atoms with Crippen LogP contribution < -0.4 is 21.9 Å². The first-order valence-electron chi connectivity index (χ1n) is 9.54. The average molecular weight is 365 g/mol. The Hall–Kier alpha value is -2.25. The lowest BCUT2D eigenvalue weighted by Gasteiger charge is -2.32. The van der Waals surface area contributed by atoms with E-state index in [4.69, 9.17) is 5.73 Å². The first kappa shape index (κ1) is 20.1. The summed E-state index contributed by atoms with van der Waals surface area (Å²) < 4.78 is 1.38. The molecule has 26 heavy (non-hydrogen) atoms. The number of carbonyl (C=O) groups is 1. The van der Waals surface area contributed by atoms with Gasteiger partial charge in [-0.05, 0) is 32.1 Å². The maximum Gasteiger partial charge on any atom is 0.330 e. The van der Waals surface area contributed by atoms with E-state index in [1.54, 1.807) is 4.90 Å². The summed E-state index contributed by atoms with van der Waals surface area (Å²) in [5.74, 6) is 0.764. The van der Waals surface area contributed by atoms with Crippen molar-refractivity contribution in [2.24, 2.45) is 5.92 Å². The van der Waals surface area contributed by atoms with Crippen molar-refractivity contribution in [3.8, 4) is 0 Å². The Labute approximate surface area is 154 Å². The van der Waals surface area contributed by atoms with Crippen LogP contribution in [-0.4, -0.2) is 46.5 Å². The molecule has 0 spiro atoms. The number of carbonyl (C=O) groups excluding carboxylic acids is 1. The number of aromatic nitrogens is 2. The van der Waals surface area contributed by atoms with Crippen LogP contribution in [0.2, 0.25) is 0 Å². The summed E-state index contributed by atoms with van der Waals surface area (Å²) in [7, 11) is 0. The molecule has 1 saturated heterocycles. The van der Waals surface area contributed by atoms with Crippen molar-refractivity contribution in [1.82, 2.24) is 14.5 Å². The fourth-order valence-corrected chi connectivity index (χ4v) is 3.29. The number of rotatable bonds is 7. The predicted octanol–water partition coefficient (Wildman–Crippen LogP) is 1.00. The quantitative estimate of drug-likeness (QED) is 0.750. The molecule has 1 fully saturated rings. The molecule has 1 amide bonds. The van der Waals surface area contributed by atoms with Crippen molar-refractivity contribution in [1.29, 1.82) is 0 Å². The van der Waals surface area contributed by atoms with Crippen molar-refractivity contribution in [3.63, 3.8) is 0 Å². The van der Waals surface area contributed by atoms with Gasteiger partial charge in [-0.1, -0.05) is 20.3 Å². The van der Waals surface area contributed by atoms with Crippen LogP contribution in [-0.2, 0) is 11.3 Å².